The summed E-state index contributed by atoms with van der Waals surface area (Å²) in [6, 6.07) is 1.68. The Morgan fingerprint density at radius 3 is 3.00 bits per heavy atom. The molecule has 0 aliphatic heterocycles. The number of ether oxygens (including phenoxy) is 1. The van der Waals surface area contributed by atoms with Crippen LogP contribution < -0.4 is 4.90 Å². The summed E-state index contributed by atoms with van der Waals surface area (Å²) >= 11 is 0. The molecule has 1 aromatic rings. The number of hydrogen-bond acceptors (Lipinski definition) is 4. The second-order valence-electron chi connectivity index (χ2n) is 3.11. The van der Waals surface area contributed by atoms with Crippen molar-refractivity contribution in [2.24, 2.45) is 0 Å². The SMILES string of the molecule is COCCN(C)c1ccncc1C(=O)O. The minimum atomic E-state index is -0.970. The van der Waals surface area contributed by atoms with Crippen molar-refractivity contribution in [3.05, 3.63) is 24.0 Å². The molecule has 0 aromatic carbocycles. The lowest BCUT2D eigenvalue weighted by molar-refractivity contribution is 0.0697. The number of methoxy groups -OCH3 is 1. The molecule has 0 aliphatic carbocycles. The van der Waals surface area contributed by atoms with Gasteiger partial charge < -0.3 is 14.7 Å². The summed E-state index contributed by atoms with van der Waals surface area (Å²) in [7, 11) is 3.43. The fourth-order valence-electron chi connectivity index (χ4n) is 1.23. The fourth-order valence-corrected chi connectivity index (χ4v) is 1.23. The summed E-state index contributed by atoms with van der Waals surface area (Å²) in [5, 5.41) is 8.94. The van der Waals surface area contributed by atoms with E-state index in [0.29, 0.717) is 18.8 Å². The molecule has 5 heteroatoms. The van der Waals surface area contributed by atoms with E-state index >= 15 is 0 Å². The summed E-state index contributed by atoms with van der Waals surface area (Å²) in [4.78, 5) is 16.5. The van der Waals surface area contributed by atoms with Crippen molar-refractivity contribution in [1.29, 1.82) is 0 Å². The molecule has 5 nitrogen and oxygen atoms in total. The van der Waals surface area contributed by atoms with Crippen LogP contribution in [0.3, 0.4) is 0 Å². The van der Waals surface area contributed by atoms with Crippen LogP contribution in [0.5, 0.6) is 0 Å². The second kappa shape index (κ2) is 5.31. The summed E-state index contributed by atoms with van der Waals surface area (Å²) in [5.74, 6) is -0.970. The van der Waals surface area contributed by atoms with Crippen molar-refractivity contribution in [3.8, 4) is 0 Å². The number of aromatic carboxylic acids is 1. The molecule has 82 valence electrons. The van der Waals surface area contributed by atoms with E-state index in [9.17, 15) is 4.79 Å². The zero-order valence-electron chi connectivity index (χ0n) is 8.80. The molecule has 1 aromatic heterocycles. The molecule has 0 radical (unpaired) electrons. The van der Waals surface area contributed by atoms with Gasteiger partial charge in [-0.05, 0) is 6.07 Å². The number of carboxylic acids is 1. The van der Waals surface area contributed by atoms with Gasteiger partial charge >= 0.3 is 5.97 Å². The summed E-state index contributed by atoms with van der Waals surface area (Å²) in [5.41, 5.74) is 0.852. The van der Waals surface area contributed by atoms with Gasteiger partial charge in [-0.1, -0.05) is 0 Å². The third-order valence-electron chi connectivity index (χ3n) is 2.07. The Labute approximate surface area is 88.3 Å². The highest BCUT2D eigenvalue weighted by atomic mass is 16.5. The topological polar surface area (TPSA) is 62.7 Å². The van der Waals surface area contributed by atoms with Gasteiger partial charge in [-0.15, -0.1) is 0 Å². The molecular weight excluding hydrogens is 196 g/mol. The van der Waals surface area contributed by atoms with E-state index in [1.165, 1.54) is 6.20 Å². The number of carbonyl (C=O) groups is 1. The van der Waals surface area contributed by atoms with Gasteiger partial charge in [-0.3, -0.25) is 4.98 Å². The van der Waals surface area contributed by atoms with Crippen LogP contribution in [0.15, 0.2) is 18.5 Å². The molecule has 0 saturated heterocycles. The summed E-state index contributed by atoms with van der Waals surface area (Å²) in [6.07, 6.45) is 2.92. The van der Waals surface area contributed by atoms with E-state index < -0.39 is 5.97 Å². The van der Waals surface area contributed by atoms with E-state index in [1.54, 1.807) is 19.4 Å². The van der Waals surface area contributed by atoms with Crippen molar-refractivity contribution in [1.82, 2.24) is 4.98 Å². The van der Waals surface area contributed by atoms with Crippen LogP contribution in [0.1, 0.15) is 10.4 Å². The predicted molar refractivity (Wildman–Crippen MR) is 56.3 cm³/mol. The molecule has 1 N–H and O–H groups in total. The van der Waals surface area contributed by atoms with Gasteiger partial charge in [0.25, 0.3) is 0 Å². The molecular formula is C10H14N2O3. The Balaban J connectivity index is 2.87. The Bertz CT molecular complexity index is 341. The summed E-state index contributed by atoms with van der Waals surface area (Å²) < 4.78 is 4.93. The molecule has 0 spiro atoms. The highest BCUT2D eigenvalue weighted by Gasteiger charge is 2.12. The molecule has 0 atom stereocenters. The zero-order valence-corrected chi connectivity index (χ0v) is 8.80. The molecule has 0 bridgehead atoms. The number of rotatable bonds is 5. The van der Waals surface area contributed by atoms with Crippen LogP contribution in [-0.4, -0.2) is 43.4 Å². The predicted octanol–water partition coefficient (Wildman–Crippen LogP) is 0.862. The smallest absolute Gasteiger partial charge is 0.339 e. The minimum Gasteiger partial charge on any atom is -0.478 e. The quantitative estimate of drug-likeness (QED) is 0.781. The minimum absolute atomic E-state index is 0.205. The maximum atomic E-state index is 10.9. The lowest BCUT2D eigenvalue weighted by Crippen LogP contribution is -2.24. The largest absolute Gasteiger partial charge is 0.478 e. The number of aromatic nitrogens is 1. The van der Waals surface area contributed by atoms with Crippen molar-refractivity contribution in [3.63, 3.8) is 0 Å². The third-order valence-corrected chi connectivity index (χ3v) is 2.07. The standard InChI is InChI=1S/C10H14N2O3/c1-12(5-6-15-2)9-3-4-11-7-8(9)10(13)14/h3-4,7H,5-6H2,1-2H3,(H,13,14). The molecule has 0 saturated carbocycles. The van der Waals surface area contributed by atoms with Gasteiger partial charge in [0, 0.05) is 33.1 Å². The Hall–Kier alpha value is -1.62. The highest BCUT2D eigenvalue weighted by molar-refractivity contribution is 5.93. The fraction of sp³-hybridized carbons (Fsp3) is 0.400. The number of pyridine rings is 1. The van der Waals surface area contributed by atoms with Crippen LogP contribution in [0.2, 0.25) is 0 Å². The van der Waals surface area contributed by atoms with E-state index in [0.717, 1.165) is 0 Å². The first-order valence-electron chi connectivity index (χ1n) is 4.54. The van der Waals surface area contributed by atoms with E-state index in [1.807, 2.05) is 11.9 Å². The van der Waals surface area contributed by atoms with Gasteiger partial charge in [0.1, 0.15) is 5.56 Å². The van der Waals surface area contributed by atoms with Crippen molar-refractivity contribution in [2.45, 2.75) is 0 Å². The molecule has 15 heavy (non-hydrogen) atoms. The average Bonchev–Trinajstić information content (AvgIpc) is 2.25. The number of hydrogen-bond donors (Lipinski definition) is 1. The maximum absolute atomic E-state index is 10.9. The molecule has 1 rings (SSSR count). The van der Waals surface area contributed by atoms with Crippen LogP contribution >= 0.6 is 0 Å². The molecule has 0 unspecified atom stereocenters. The van der Waals surface area contributed by atoms with Crippen molar-refractivity contribution >= 4 is 11.7 Å². The normalized spacial score (nSPS) is 10.0. The van der Waals surface area contributed by atoms with E-state index in [4.69, 9.17) is 9.84 Å². The Kier molecular flexibility index (Phi) is 4.05. The van der Waals surface area contributed by atoms with Crippen LogP contribution in [0.25, 0.3) is 0 Å². The lowest BCUT2D eigenvalue weighted by atomic mass is 10.2. The van der Waals surface area contributed by atoms with E-state index in [-0.39, 0.29) is 5.56 Å². The number of likely N-dealkylation sites (N-methyl/N-ethyl adjacent to an activating group) is 1. The van der Waals surface area contributed by atoms with Gasteiger partial charge in [-0.25, -0.2) is 4.79 Å². The van der Waals surface area contributed by atoms with Gasteiger partial charge in [0.15, 0.2) is 0 Å². The highest BCUT2D eigenvalue weighted by Crippen LogP contribution is 2.17. The van der Waals surface area contributed by atoms with Gasteiger partial charge in [-0.2, -0.15) is 0 Å². The monoisotopic (exact) mass is 210 g/mol. The Morgan fingerprint density at radius 2 is 2.40 bits per heavy atom. The second-order valence-corrected chi connectivity index (χ2v) is 3.11. The first-order chi connectivity index (χ1) is 7.16. The molecule has 0 amide bonds. The van der Waals surface area contributed by atoms with Gasteiger partial charge in [0.05, 0.1) is 12.3 Å². The first kappa shape index (κ1) is 11.5. The molecule has 0 fully saturated rings. The number of nitrogens with zero attached hydrogens (tertiary/aromatic N) is 2. The zero-order chi connectivity index (χ0) is 11.3. The van der Waals surface area contributed by atoms with Gasteiger partial charge in [0.2, 0.25) is 0 Å². The summed E-state index contributed by atoms with van der Waals surface area (Å²) in [6.45, 7) is 1.19. The molecule has 0 aliphatic rings. The average molecular weight is 210 g/mol. The molecule has 1 heterocycles. The van der Waals surface area contributed by atoms with Crippen LogP contribution in [0, 0.1) is 0 Å². The number of carboxylic acid groups (broad SMARTS) is 1. The van der Waals surface area contributed by atoms with Crippen LogP contribution in [-0.2, 0) is 4.74 Å². The Morgan fingerprint density at radius 1 is 1.67 bits per heavy atom. The first-order valence-corrected chi connectivity index (χ1v) is 4.54. The van der Waals surface area contributed by atoms with Crippen molar-refractivity contribution < 1.29 is 14.6 Å². The maximum Gasteiger partial charge on any atom is 0.339 e. The van der Waals surface area contributed by atoms with E-state index in [2.05, 4.69) is 4.98 Å². The third kappa shape index (κ3) is 2.92. The van der Waals surface area contributed by atoms with Crippen LogP contribution in [0.4, 0.5) is 5.69 Å². The van der Waals surface area contributed by atoms with Crippen molar-refractivity contribution in [2.75, 3.05) is 32.2 Å². The number of anilines is 1. The lowest BCUT2D eigenvalue weighted by Gasteiger charge is -2.20.